The summed E-state index contributed by atoms with van der Waals surface area (Å²) in [5.41, 5.74) is 3.84. The Morgan fingerprint density at radius 2 is 1.57 bits per heavy atom. The molecule has 1 atom stereocenters. The van der Waals surface area contributed by atoms with E-state index in [-0.39, 0.29) is 0 Å². The molecule has 0 radical (unpaired) electrons. The largest absolute Gasteiger partial charge is 0.489 e. The van der Waals surface area contributed by atoms with Crippen LogP contribution in [-0.2, 0) is 13.0 Å². The minimum atomic E-state index is 0.558. The lowest BCUT2D eigenvalue weighted by Gasteiger charge is -2.10. The lowest BCUT2D eigenvalue weighted by Crippen LogP contribution is -2.21. The highest BCUT2D eigenvalue weighted by Crippen LogP contribution is 2.16. The van der Waals surface area contributed by atoms with Crippen LogP contribution in [0.15, 0.2) is 48.5 Å². The molecule has 2 aromatic rings. The van der Waals surface area contributed by atoms with Crippen molar-refractivity contribution in [3.8, 4) is 5.75 Å². The standard InChI is InChI=1S/C19H25NO/c1-15-4-7-18(8-5-15)14-21-19-12-10-17(11-13-19)9-6-16(2)20-3/h4-5,7-8,10-13,16,20H,6,9,14H2,1-3H3. The van der Waals surface area contributed by atoms with E-state index in [0.29, 0.717) is 12.6 Å². The molecule has 2 aromatic carbocycles. The van der Waals surface area contributed by atoms with Gasteiger partial charge in [-0.2, -0.15) is 0 Å². The van der Waals surface area contributed by atoms with Gasteiger partial charge in [-0.15, -0.1) is 0 Å². The van der Waals surface area contributed by atoms with Crippen molar-refractivity contribution in [3.63, 3.8) is 0 Å². The molecule has 0 amide bonds. The number of hydrogen-bond donors (Lipinski definition) is 1. The van der Waals surface area contributed by atoms with Gasteiger partial charge in [0, 0.05) is 6.04 Å². The van der Waals surface area contributed by atoms with E-state index in [1.165, 1.54) is 16.7 Å². The van der Waals surface area contributed by atoms with E-state index in [1.807, 2.05) is 7.05 Å². The van der Waals surface area contributed by atoms with Gasteiger partial charge >= 0.3 is 0 Å². The van der Waals surface area contributed by atoms with E-state index in [0.717, 1.165) is 18.6 Å². The summed E-state index contributed by atoms with van der Waals surface area (Å²) in [6.45, 7) is 4.92. The Bertz CT molecular complexity index is 530. The van der Waals surface area contributed by atoms with Gasteiger partial charge in [0.1, 0.15) is 12.4 Å². The van der Waals surface area contributed by atoms with Crippen LogP contribution in [0.5, 0.6) is 5.75 Å². The summed E-state index contributed by atoms with van der Waals surface area (Å²) in [5, 5.41) is 3.26. The van der Waals surface area contributed by atoms with Crippen molar-refractivity contribution in [2.24, 2.45) is 0 Å². The average molecular weight is 283 g/mol. The van der Waals surface area contributed by atoms with Crippen molar-refractivity contribution >= 4 is 0 Å². The topological polar surface area (TPSA) is 21.3 Å². The van der Waals surface area contributed by atoms with E-state index in [2.05, 4.69) is 67.7 Å². The van der Waals surface area contributed by atoms with Crippen molar-refractivity contribution in [3.05, 3.63) is 65.2 Å². The second kappa shape index (κ2) is 7.84. The molecular formula is C19H25NO. The predicted molar refractivity (Wildman–Crippen MR) is 88.8 cm³/mol. The van der Waals surface area contributed by atoms with Crippen LogP contribution in [0.3, 0.4) is 0 Å². The van der Waals surface area contributed by atoms with E-state index in [9.17, 15) is 0 Å². The third-order valence-corrected chi connectivity index (χ3v) is 3.81. The maximum absolute atomic E-state index is 5.82. The first-order chi connectivity index (χ1) is 10.2. The molecule has 0 aliphatic carbocycles. The molecule has 112 valence electrons. The molecule has 0 aliphatic rings. The maximum Gasteiger partial charge on any atom is 0.119 e. The van der Waals surface area contributed by atoms with Crippen LogP contribution in [0, 0.1) is 6.92 Å². The predicted octanol–water partition coefficient (Wildman–Crippen LogP) is 4.11. The normalized spacial score (nSPS) is 12.1. The lowest BCUT2D eigenvalue weighted by molar-refractivity contribution is 0.306. The van der Waals surface area contributed by atoms with Crippen LogP contribution in [0.4, 0.5) is 0 Å². The molecule has 0 saturated carbocycles. The van der Waals surface area contributed by atoms with Crippen molar-refractivity contribution in [2.45, 2.75) is 39.3 Å². The summed E-state index contributed by atoms with van der Waals surface area (Å²) in [5.74, 6) is 0.931. The Morgan fingerprint density at radius 3 is 2.19 bits per heavy atom. The SMILES string of the molecule is CNC(C)CCc1ccc(OCc2ccc(C)cc2)cc1. The van der Waals surface area contributed by atoms with Crippen LogP contribution in [0.2, 0.25) is 0 Å². The fraction of sp³-hybridized carbons (Fsp3) is 0.368. The Kier molecular flexibility index (Phi) is 5.82. The van der Waals surface area contributed by atoms with Crippen LogP contribution >= 0.6 is 0 Å². The van der Waals surface area contributed by atoms with Gasteiger partial charge in [0.2, 0.25) is 0 Å². The van der Waals surface area contributed by atoms with E-state index >= 15 is 0 Å². The van der Waals surface area contributed by atoms with Crippen LogP contribution in [0.1, 0.15) is 30.0 Å². The molecule has 2 nitrogen and oxygen atoms in total. The molecule has 1 N–H and O–H groups in total. The second-order valence-corrected chi connectivity index (χ2v) is 5.65. The van der Waals surface area contributed by atoms with Gasteiger partial charge in [-0.05, 0) is 57.0 Å². The molecule has 2 rings (SSSR count). The minimum Gasteiger partial charge on any atom is -0.489 e. The number of ether oxygens (including phenoxy) is 1. The molecule has 0 aromatic heterocycles. The molecule has 0 fully saturated rings. The average Bonchev–Trinajstić information content (AvgIpc) is 2.53. The molecule has 0 heterocycles. The van der Waals surface area contributed by atoms with E-state index in [4.69, 9.17) is 4.74 Å². The summed E-state index contributed by atoms with van der Waals surface area (Å²) in [6.07, 6.45) is 2.25. The first-order valence-electron chi connectivity index (χ1n) is 7.62. The van der Waals surface area contributed by atoms with Gasteiger partial charge in [-0.1, -0.05) is 42.0 Å². The zero-order valence-corrected chi connectivity index (χ0v) is 13.2. The van der Waals surface area contributed by atoms with Crippen molar-refractivity contribution in [1.29, 1.82) is 0 Å². The van der Waals surface area contributed by atoms with Crippen LogP contribution < -0.4 is 10.1 Å². The fourth-order valence-corrected chi connectivity index (χ4v) is 2.13. The van der Waals surface area contributed by atoms with Gasteiger partial charge in [-0.25, -0.2) is 0 Å². The third-order valence-electron chi connectivity index (χ3n) is 3.81. The molecule has 1 unspecified atom stereocenters. The maximum atomic E-state index is 5.82. The van der Waals surface area contributed by atoms with Crippen molar-refractivity contribution in [2.75, 3.05) is 7.05 Å². The Hall–Kier alpha value is -1.80. The summed E-state index contributed by atoms with van der Waals surface area (Å²) in [4.78, 5) is 0. The highest BCUT2D eigenvalue weighted by Gasteiger charge is 2.01. The van der Waals surface area contributed by atoms with Crippen LogP contribution in [0.25, 0.3) is 0 Å². The molecule has 0 aliphatic heterocycles. The number of benzene rings is 2. The van der Waals surface area contributed by atoms with Crippen LogP contribution in [-0.4, -0.2) is 13.1 Å². The highest BCUT2D eigenvalue weighted by molar-refractivity contribution is 5.28. The Morgan fingerprint density at radius 1 is 0.952 bits per heavy atom. The molecule has 0 spiro atoms. The quantitative estimate of drug-likeness (QED) is 0.825. The van der Waals surface area contributed by atoms with Gasteiger partial charge in [0.05, 0.1) is 0 Å². The summed E-state index contributed by atoms with van der Waals surface area (Å²) >= 11 is 0. The van der Waals surface area contributed by atoms with Gasteiger partial charge in [0.25, 0.3) is 0 Å². The summed E-state index contributed by atoms with van der Waals surface area (Å²) < 4.78 is 5.82. The van der Waals surface area contributed by atoms with Gasteiger partial charge in [0.15, 0.2) is 0 Å². The molecule has 2 heteroatoms. The molecular weight excluding hydrogens is 258 g/mol. The zero-order chi connectivity index (χ0) is 15.1. The number of nitrogens with one attached hydrogen (secondary N) is 1. The van der Waals surface area contributed by atoms with Gasteiger partial charge < -0.3 is 10.1 Å². The smallest absolute Gasteiger partial charge is 0.119 e. The summed E-state index contributed by atoms with van der Waals surface area (Å²) in [6, 6.07) is 17.5. The second-order valence-electron chi connectivity index (χ2n) is 5.65. The van der Waals surface area contributed by atoms with Crippen molar-refractivity contribution < 1.29 is 4.74 Å². The minimum absolute atomic E-state index is 0.558. The highest BCUT2D eigenvalue weighted by atomic mass is 16.5. The first kappa shape index (κ1) is 15.6. The number of aryl methyl sites for hydroxylation is 2. The Balaban J connectivity index is 1.83. The van der Waals surface area contributed by atoms with Crippen molar-refractivity contribution in [1.82, 2.24) is 5.32 Å². The zero-order valence-electron chi connectivity index (χ0n) is 13.2. The monoisotopic (exact) mass is 283 g/mol. The fourth-order valence-electron chi connectivity index (χ4n) is 2.13. The van der Waals surface area contributed by atoms with Gasteiger partial charge in [-0.3, -0.25) is 0 Å². The third kappa shape index (κ3) is 5.24. The summed E-state index contributed by atoms with van der Waals surface area (Å²) in [7, 11) is 2.01. The van der Waals surface area contributed by atoms with E-state index < -0.39 is 0 Å². The first-order valence-corrected chi connectivity index (χ1v) is 7.62. The number of hydrogen-bond acceptors (Lipinski definition) is 2. The number of rotatable bonds is 7. The molecule has 0 saturated heterocycles. The molecule has 21 heavy (non-hydrogen) atoms. The van der Waals surface area contributed by atoms with E-state index in [1.54, 1.807) is 0 Å². The lowest BCUT2D eigenvalue weighted by atomic mass is 10.1. The Labute approximate surface area is 128 Å². The molecule has 0 bridgehead atoms.